The minimum atomic E-state index is 0.233. The predicted octanol–water partition coefficient (Wildman–Crippen LogP) is 4.00. The van der Waals surface area contributed by atoms with Gasteiger partial charge in [0.15, 0.2) is 0 Å². The number of carbonyl (C=O) groups is 1. The van der Waals surface area contributed by atoms with Crippen LogP contribution in [0.4, 0.5) is 0 Å². The fourth-order valence-electron chi connectivity index (χ4n) is 3.76. The highest BCUT2D eigenvalue weighted by Crippen LogP contribution is 2.44. The second-order valence-electron chi connectivity index (χ2n) is 6.48. The summed E-state index contributed by atoms with van der Waals surface area (Å²) in [5.74, 6) is 0.660. The van der Waals surface area contributed by atoms with Crippen LogP contribution in [0.15, 0.2) is 5.38 Å². The number of piperidine rings is 1. The topological polar surface area (TPSA) is 33.2 Å². The van der Waals surface area contributed by atoms with Crippen LogP contribution in [-0.4, -0.2) is 28.9 Å². The van der Waals surface area contributed by atoms with Crippen LogP contribution in [0.2, 0.25) is 0 Å². The van der Waals surface area contributed by atoms with Gasteiger partial charge in [0.2, 0.25) is 5.91 Å². The Labute approximate surface area is 135 Å². The summed E-state index contributed by atoms with van der Waals surface area (Å²) in [4.78, 5) is 18.8. The average Bonchev–Trinajstić information content (AvgIpc) is 2.96. The standard InChI is InChI=1S/C16H23ClN2OS/c17-11-13-12-21-14(18-13)10-15(20)19-8-6-16(7-9-19)4-2-1-3-5-16/h12H,1-11H2. The molecule has 21 heavy (non-hydrogen) atoms. The Kier molecular flexibility index (Phi) is 4.85. The van der Waals surface area contributed by atoms with Crippen molar-refractivity contribution < 1.29 is 4.79 Å². The maximum Gasteiger partial charge on any atom is 0.229 e. The first-order valence-electron chi connectivity index (χ1n) is 7.98. The molecule has 3 nitrogen and oxygen atoms in total. The monoisotopic (exact) mass is 326 g/mol. The van der Waals surface area contributed by atoms with Gasteiger partial charge in [-0.15, -0.1) is 22.9 Å². The van der Waals surface area contributed by atoms with Crippen LogP contribution in [0.5, 0.6) is 0 Å². The van der Waals surface area contributed by atoms with Gasteiger partial charge in [-0.25, -0.2) is 4.98 Å². The maximum absolute atomic E-state index is 12.4. The van der Waals surface area contributed by atoms with Gasteiger partial charge in [-0.05, 0) is 31.1 Å². The molecule has 2 heterocycles. The molecule has 2 aliphatic rings. The lowest BCUT2D eigenvalue weighted by molar-refractivity contribution is -0.133. The molecule has 1 aliphatic carbocycles. The number of amides is 1. The van der Waals surface area contributed by atoms with Crippen molar-refractivity contribution >= 4 is 28.8 Å². The van der Waals surface area contributed by atoms with Crippen LogP contribution < -0.4 is 0 Å². The highest BCUT2D eigenvalue weighted by atomic mass is 35.5. The molecule has 1 amide bonds. The third kappa shape index (κ3) is 3.59. The molecule has 0 N–H and O–H groups in total. The van der Waals surface area contributed by atoms with E-state index in [1.165, 1.54) is 44.9 Å². The molecule has 0 aromatic carbocycles. The number of halogens is 1. The van der Waals surface area contributed by atoms with Crippen molar-refractivity contribution in [3.05, 3.63) is 16.1 Å². The van der Waals surface area contributed by atoms with Crippen LogP contribution in [0.1, 0.15) is 55.6 Å². The summed E-state index contributed by atoms with van der Waals surface area (Å²) in [6.07, 6.45) is 9.75. The van der Waals surface area contributed by atoms with Crippen molar-refractivity contribution in [3.63, 3.8) is 0 Å². The third-order valence-electron chi connectivity index (χ3n) is 5.13. The number of thiazole rings is 1. The average molecular weight is 327 g/mol. The molecular weight excluding hydrogens is 304 g/mol. The number of carbonyl (C=O) groups excluding carboxylic acids is 1. The lowest BCUT2D eigenvalue weighted by Crippen LogP contribution is -2.44. The molecule has 0 atom stereocenters. The first-order valence-corrected chi connectivity index (χ1v) is 9.39. The van der Waals surface area contributed by atoms with Gasteiger partial charge in [0, 0.05) is 18.5 Å². The molecule has 1 spiro atoms. The second kappa shape index (κ2) is 6.66. The highest BCUT2D eigenvalue weighted by Gasteiger charge is 2.36. The minimum Gasteiger partial charge on any atom is -0.342 e. The minimum absolute atomic E-state index is 0.233. The van der Waals surface area contributed by atoms with Gasteiger partial charge >= 0.3 is 0 Å². The first-order chi connectivity index (χ1) is 10.2. The van der Waals surface area contributed by atoms with Crippen molar-refractivity contribution in [1.82, 2.24) is 9.88 Å². The number of rotatable bonds is 3. The Bertz CT molecular complexity index is 486. The lowest BCUT2D eigenvalue weighted by atomic mass is 9.68. The molecule has 1 saturated carbocycles. The Morgan fingerprint density at radius 1 is 1.24 bits per heavy atom. The summed E-state index contributed by atoms with van der Waals surface area (Å²) in [6, 6.07) is 0. The number of alkyl halides is 1. The van der Waals surface area contributed by atoms with E-state index in [0.29, 0.717) is 17.7 Å². The third-order valence-corrected chi connectivity index (χ3v) is 6.30. The Balaban J connectivity index is 1.52. The summed E-state index contributed by atoms with van der Waals surface area (Å²) in [5.41, 5.74) is 1.44. The summed E-state index contributed by atoms with van der Waals surface area (Å²) in [5, 5.41) is 2.84. The van der Waals surface area contributed by atoms with Crippen LogP contribution >= 0.6 is 22.9 Å². The Morgan fingerprint density at radius 2 is 1.95 bits per heavy atom. The number of hydrogen-bond acceptors (Lipinski definition) is 3. The molecule has 5 heteroatoms. The van der Waals surface area contributed by atoms with E-state index in [1.54, 1.807) is 11.3 Å². The fourth-order valence-corrected chi connectivity index (χ4v) is 4.78. The zero-order valence-electron chi connectivity index (χ0n) is 12.4. The maximum atomic E-state index is 12.4. The van der Waals surface area contributed by atoms with Gasteiger partial charge in [0.05, 0.1) is 18.0 Å². The van der Waals surface area contributed by atoms with Gasteiger partial charge in [-0.1, -0.05) is 19.3 Å². The summed E-state index contributed by atoms with van der Waals surface area (Å²) in [7, 11) is 0. The lowest BCUT2D eigenvalue weighted by Gasteiger charge is -2.44. The summed E-state index contributed by atoms with van der Waals surface area (Å²) < 4.78 is 0. The molecule has 3 rings (SSSR count). The summed E-state index contributed by atoms with van der Waals surface area (Å²) >= 11 is 7.30. The zero-order chi connectivity index (χ0) is 14.7. The van der Waals surface area contributed by atoms with Crippen LogP contribution in [0.3, 0.4) is 0 Å². The molecule has 1 saturated heterocycles. The molecule has 1 aromatic heterocycles. The normalized spacial score (nSPS) is 21.7. The molecule has 2 fully saturated rings. The van der Waals surface area contributed by atoms with E-state index in [1.807, 2.05) is 10.3 Å². The van der Waals surface area contributed by atoms with Crippen molar-refractivity contribution in [2.45, 2.75) is 57.2 Å². The van der Waals surface area contributed by atoms with Gasteiger partial charge in [-0.3, -0.25) is 4.79 Å². The largest absolute Gasteiger partial charge is 0.342 e. The van der Waals surface area contributed by atoms with E-state index in [-0.39, 0.29) is 5.91 Å². The molecule has 116 valence electrons. The molecule has 1 aliphatic heterocycles. The van der Waals surface area contributed by atoms with E-state index in [9.17, 15) is 4.79 Å². The number of nitrogens with zero attached hydrogens (tertiary/aromatic N) is 2. The number of aromatic nitrogens is 1. The number of likely N-dealkylation sites (tertiary alicyclic amines) is 1. The van der Waals surface area contributed by atoms with Gasteiger partial charge in [0.25, 0.3) is 0 Å². The van der Waals surface area contributed by atoms with E-state index < -0.39 is 0 Å². The highest BCUT2D eigenvalue weighted by molar-refractivity contribution is 7.09. The number of hydrogen-bond donors (Lipinski definition) is 0. The van der Waals surface area contributed by atoms with Crippen LogP contribution in [0.25, 0.3) is 0 Å². The molecule has 0 bridgehead atoms. The van der Waals surface area contributed by atoms with Crippen molar-refractivity contribution in [3.8, 4) is 0 Å². The zero-order valence-corrected chi connectivity index (χ0v) is 14.0. The van der Waals surface area contributed by atoms with Crippen LogP contribution in [-0.2, 0) is 17.1 Å². The SMILES string of the molecule is O=C(Cc1nc(CCl)cs1)N1CCC2(CCCCC2)CC1. The van der Waals surface area contributed by atoms with Crippen molar-refractivity contribution in [2.75, 3.05) is 13.1 Å². The van der Waals surface area contributed by atoms with Gasteiger partial charge < -0.3 is 4.90 Å². The van der Waals surface area contributed by atoms with E-state index in [2.05, 4.69) is 4.98 Å². The Hall–Kier alpha value is -0.610. The fraction of sp³-hybridized carbons (Fsp3) is 0.750. The second-order valence-corrected chi connectivity index (χ2v) is 7.69. The molecular formula is C16H23ClN2OS. The van der Waals surface area contributed by atoms with Gasteiger partial charge in [-0.2, -0.15) is 0 Å². The Morgan fingerprint density at radius 3 is 2.57 bits per heavy atom. The van der Waals surface area contributed by atoms with E-state index in [0.717, 1.165) is 23.8 Å². The van der Waals surface area contributed by atoms with Crippen molar-refractivity contribution in [1.29, 1.82) is 0 Å². The summed E-state index contributed by atoms with van der Waals surface area (Å²) in [6.45, 7) is 1.87. The van der Waals surface area contributed by atoms with Crippen molar-refractivity contribution in [2.24, 2.45) is 5.41 Å². The molecule has 1 aromatic rings. The molecule has 0 radical (unpaired) electrons. The van der Waals surface area contributed by atoms with E-state index >= 15 is 0 Å². The smallest absolute Gasteiger partial charge is 0.229 e. The molecule has 0 unspecified atom stereocenters. The van der Waals surface area contributed by atoms with E-state index in [4.69, 9.17) is 11.6 Å². The quantitative estimate of drug-likeness (QED) is 0.787. The first kappa shape index (κ1) is 15.3. The van der Waals surface area contributed by atoms with Crippen LogP contribution in [0, 0.1) is 5.41 Å². The van der Waals surface area contributed by atoms with Gasteiger partial charge in [0.1, 0.15) is 5.01 Å². The predicted molar refractivity (Wildman–Crippen MR) is 86.7 cm³/mol.